The fourth-order valence-corrected chi connectivity index (χ4v) is 7.44. The number of fused-ring (bicyclic) bond motifs is 4. The second-order valence-electron chi connectivity index (χ2n) is 11.7. The van der Waals surface area contributed by atoms with Gasteiger partial charge in [-0.3, -0.25) is 4.98 Å². The second kappa shape index (κ2) is 11.4. The van der Waals surface area contributed by atoms with Gasteiger partial charge in [0.2, 0.25) is 0 Å². The lowest BCUT2D eigenvalue weighted by atomic mass is 9.99. The highest BCUT2D eigenvalue weighted by atomic mass is 32.1. The van der Waals surface area contributed by atoms with Crippen LogP contribution in [-0.2, 0) is 0 Å². The van der Waals surface area contributed by atoms with E-state index in [1.807, 2.05) is 41.8 Å². The normalized spacial score (nSPS) is 11.4. The van der Waals surface area contributed by atoms with E-state index in [1.165, 1.54) is 31.3 Å². The Labute approximate surface area is 276 Å². The maximum absolute atomic E-state index is 5.05. The SMILES string of the molecule is c1ccc(-c2nc(-c3ccc(-c4ccc5sc6ccccc6c5c4)cc3)cc(-c3ccc(-c4cccc5cccnc45)cc3)n2)cc1. The molecule has 0 amide bonds. The van der Waals surface area contributed by atoms with Gasteiger partial charge in [-0.1, -0.05) is 127 Å². The second-order valence-corrected chi connectivity index (χ2v) is 12.8. The van der Waals surface area contributed by atoms with Crippen LogP contribution in [0.3, 0.4) is 0 Å². The minimum atomic E-state index is 0.708. The molecule has 0 saturated carbocycles. The first-order chi connectivity index (χ1) is 23.3. The third kappa shape index (κ3) is 5.05. The Bertz CT molecular complexity index is 2550. The third-order valence-corrected chi connectivity index (χ3v) is 9.93. The van der Waals surface area contributed by atoms with Crippen LogP contribution >= 0.6 is 11.3 Å². The Kier molecular flexibility index (Phi) is 6.65. The first-order valence-electron chi connectivity index (χ1n) is 15.7. The smallest absolute Gasteiger partial charge is 0.160 e. The lowest BCUT2D eigenvalue weighted by Crippen LogP contribution is -1.96. The van der Waals surface area contributed by atoms with Crippen LogP contribution in [0.2, 0.25) is 0 Å². The molecule has 3 nitrogen and oxygen atoms in total. The van der Waals surface area contributed by atoms with Crippen LogP contribution in [0.4, 0.5) is 0 Å². The summed E-state index contributed by atoms with van der Waals surface area (Å²) in [4.78, 5) is 14.8. The summed E-state index contributed by atoms with van der Waals surface area (Å²) >= 11 is 1.85. The molecule has 0 N–H and O–H groups in total. The molecule has 220 valence electrons. The molecule has 0 fully saturated rings. The number of thiophene rings is 1. The summed E-state index contributed by atoms with van der Waals surface area (Å²) in [6.07, 6.45) is 1.85. The summed E-state index contributed by atoms with van der Waals surface area (Å²) in [6, 6.07) is 55.5. The van der Waals surface area contributed by atoms with Crippen LogP contribution in [0.5, 0.6) is 0 Å². The van der Waals surface area contributed by atoms with Gasteiger partial charge in [-0.15, -0.1) is 11.3 Å². The van der Waals surface area contributed by atoms with Gasteiger partial charge in [0.1, 0.15) is 0 Å². The van der Waals surface area contributed by atoms with E-state index in [-0.39, 0.29) is 0 Å². The zero-order valence-electron chi connectivity index (χ0n) is 25.3. The Morgan fingerprint density at radius 1 is 0.404 bits per heavy atom. The van der Waals surface area contributed by atoms with Crippen molar-refractivity contribution in [3.05, 3.63) is 164 Å². The van der Waals surface area contributed by atoms with Gasteiger partial charge in [-0.25, -0.2) is 9.97 Å². The van der Waals surface area contributed by atoms with Crippen molar-refractivity contribution in [3.63, 3.8) is 0 Å². The number of pyridine rings is 1. The van der Waals surface area contributed by atoms with Crippen LogP contribution in [-0.4, -0.2) is 15.0 Å². The minimum Gasteiger partial charge on any atom is -0.256 e. The van der Waals surface area contributed by atoms with Crippen molar-refractivity contribution in [3.8, 4) is 56.2 Å². The number of rotatable bonds is 5. The molecule has 9 rings (SSSR count). The van der Waals surface area contributed by atoms with Crippen molar-refractivity contribution >= 4 is 42.4 Å². The summed E-state index contributed by atoms with van der Waals surface area (Å²) in [5.74, 6) is 0.708. The molecular weight excluding hydrogens is 591 g/mol. The summed E-state index contributed by atoms with van der Waals surface area (Å²) in [5, 5.41) is 3.76. The van der Waals surface area contributed by atoms with Crippen molar-refractivity contribution < 1.29 is 0 Å². The summed E-state index contributed by atoms with van der Waals surface area (Å²) in [6.45, 7) is 0. The molecule has 3 heterocycles. The van der Waals surface area contributed by atoms with Crippen LogP contribution in [0.1, 0.15) is 0 Å². The van der Waals surface area contributed by atoms with Gasteiger partial charge in [0.25, 0.3) is 0 Å². The van der Waals surface area contributed by atoms with Crippen LogP contribution in [0.15, 0.2) is 164 Å². The molecule has 9 aromatic rings. The van der Waals surface area contributed by atoms with E-state index in [4.69, 9.17) is 9.97 Å². The van der Waals surface area contributed by atoms with Gasteiger partial charge < -0.3 is 0 Å². The topological polar surface area (TPSA) is 38.7 Å². The van der Waals surface area contributed by atoms with Gasteiger partial charge in [-0.05, 0) is 47.0 Å². The Hall–Kier alpha value is -5.97. The number of aromatic nitrogens is 3. The van der Waals surface area contributed by atoms with Crippen LogP contribution in [0, 0.1) is 0 Å². The lowest BCUT2D eigenvalue weighted by molar-refractivity contribution is 1.18. The van der Waals surface area contributed by atoms with Crippen LogP contribution < -0.4 is 0 Å². The van der Waals surface area contributed by atoms with E-state index in [1.54, 1.807) is 0 Å². The number of nitrogens with zero attached hydrogens (tertiary/aromatic N) is 3. The summed E-state index contributed by atoms with van der Waals surface area (Å²) < 4.78 is 2.64. The number of para-hydroxylation sites is 1. The van der Waals surface area contributed by atoms with Gasteiger partial charge in [0.15, 0.2) is 5.82 Å². The third-order valence-electron chi connectivity index (χ3n) is 8.77. The Morgan fingerprint density at radius 3 is 1.83 bits per heavy atom. The number of hydrogen-bond donors (Lipinski definition) is 0. The highest BCUT2D eigenvalue weighted by Crippen LogP contribution is 2.37. The first kappa shape index (κ1) is 27.3. The monoisotopic (exact) mass is 617 g/mol. The van der Waals surface area contributed by atoms with Crippen molar-refractivity contribution in [1.29, 1.82) is 0 Å². The lowest BCUT2D eigenvalue weighted by Gasteiger charge is -2.11. The Balaban J connectivity index is 1.09. The molecule has 4 heteroatoms. The average molecular weight is 618 g/mol. The van der Waals surface area contributed by atoms with Crippen molar-refractivity contribution in [2.75, 3.05) is 0 Å². The molecule has 0 radical (unpaired) electrons. The summed E-state index contributed by atoms with van der Waals surface area (Å²) in [7, 11) is 0. The maximum atomic E-state index is 5.05. The van der Waals surface area contributed by atoms with E-state index >= 15 is 0 Å². The maximum Gasteiger partial charge on any atom is 0.160 e. The van der Waals surface area contributed by atoms with Crippen molar-refractivity contribution in [2.45, 2.75) is 0 Å². The van der Waals surface area contributed by atoms with E-state index in [0.717, 1.165) is 50.1 Å². The largest absolute Gasteiger partial charge is 0.256 e. The highest BCUT2D eigenvalue weighted by molar-refractivity contribution is 7.25. The predicted octanol–water partition coefficient (Wildman–Crippen LogP) is 11.7. The quantitative estimate of drug-likeness (QED) is 0.193. The molecule has 47 heavy (non-hydrogen) atoms. The minimum absolute atomic E-state index is 0.708. The molecule has 0 saturated heterocycles. The molecule has 0 aliphatic rings. The molecular formula is C43H27N3S. The van der Waals surface area contributed by atoms with E-state index < -0.39 is 0 Å². The zero-order valence-corrected chi connectivity index (χ0v) is 26.2. The first-order valence-corrected chi connectivity index (χ1v) is 16.5. The molecule has 0 bridgehead atoms. The Morgan fingerprint density at radius 2 is 1.04 bits per heavy atom. The molecule has 6 aromatic carbocycles. The fraction of sp³-hybridized carbons (Fsp3) is 0. The van der Waals surface area contributed by atoms with Crippen molar-refractivity contribution in [2.24, 2.45) is 0 Å². The molecule has 3 aromatic heterocycles. The van der Waals surface area contributed by atoms with Gasteiger partial charge in [0, 0.05) is 54.0 Å². The molecule has 0 aliphatic carbocycles. The van der Waals surface area contributed by atoms with E-state index in [2.05, 4.69) is 138 Å². The number of hydrogen-bond acceptors (Lipinski definition) is 4. The average Bonchev–Trinajstić information content (AvgIpc) is 3.53. The molecule has 0 atom stereocenters. The standard InChI is InChI=1S/C43H27N3S/c1-2-8-33(9-3-1)43-45-38(27-39(46-43)31-21-17-29(18-22-31)35-13-6-10-32-11-7-25-44-42(32)35)30-19-15-28(16-20-30)34-23-24-41-37(26-34)36-12-4-5-14-40(36)47-41/h1-27H. The molecule has 0 spiro atoms. The fourth-order valence-electron chi connectivity index (χ4n) is 6.36. The zero-order chi connectivity index (χ0) is 31.2. The van der Waals surface area contributed by atoms with Gasteiger partial charge in [0.05, 0.1) is 16.9 Å². The van der Waals surface area contributed by atoms with Crippen LogP contribution in [0.25, 0.3) is 87.2 Å². The van der Waals surface area contributed by atoms with Gasteiger partial charge >= 0.3 is 0 Å². The van der Waals surface area contributed by atoms with E-state index in [0.29, 0.717) is 5.82 Å². The molecule has 0 unspecified atom stereocenters. The highest BCUT2D eigenvalue weighted by Gasteiger charge is 2.13. The summed E-state index contributed by atoms with van der Waals surface area (Å²) in [5.41, 5.74) is 10.5. The van der Waals surface area contributed by atoms with Crippen molar-refractivity contribution in [1.82, 2.24) is 15.0 Å². The van der Waals surface area contributed by atoms with E-state index in [9.17, 15) is 0 Å². The molecule has 0 aliphatic heterocycles. The number of benzene rings is 6. The predicted molar refractivity (Wildman–Crippen MR) is 197 cm³/mol. The van der Waals surface area contributed by atoms with Gasteiger partial charge in [-0.2, -0.15) is 0 Å².